The summed E-state index contributed by atoms with van der Waals surface area (Å²) in [7, 11) is 0. The van der Waals surface area contributed by atoms with Crippen molar-refractivity contribution in [3.8, 4) is 5.75 Å². The highest BCUT2D eigenvalue weighted by Crippen LogP contribution is 2.22. The minimum absolute atomic E-state index is 0.0605. The van der Waals surface area contributed by atoms with Crippen molar-refractivity contribution >= 4 is 17.6 Å². The first kappa shape index (κ1) is 14.3. The number of anilines is 1. The molecule has 1 aromatic rings. The average molecular weight is 279 g/mol. The van der Waals surface area contributed by atoms with Gasteiger partial charge in [-0.3, -0.25) is 14.5 Å². The Labute approximate surface area is 116 Å². The van der Waals surface area contributed by atoms with Gasteiger partial charge in [0.1, 0.15) is 18.4 Å². The number of nitrogens with zero attached hydrogens (tertiary/aromatic N) is 1. The molecule has 0 saturated carbocycles. The second-order valence-corrected chi connectivity index (χ2v) is 4.69. The maximum absolute atomic E-state index is 12.4. The predicted molar refractivity (Wildman–Crippen MR) is 71.7 cm³/mol. The van der Waals surface area contributed by atoms with Gasteiger partial charge in [0, 0.05) is 12.3 Å². The van der Waals surface area contributed by atoms with Crippen molar-refractivity contribution in [1.29, 1.82) is 0 Å². The van der Waals surface area contributed by atoms with Crippen LogP contribution in [0.1, 0.15) is 19.3 Å². The lowest BCUT2D eigenvalue weighted by Crippen LogP contribution is -2.44. The number of amides is 1. The van der Waals surface area contributed by atoms with Crippen molar-refractivity contribution in [2.24, 2.45) is 0 Å². The number of rotatable bonds is 4. The number of aliphatic carboxylic acids is 1. The van der Waals surface area contributed by atoms with Crippen LogP contribution in [0.25, 0.3) is 0 Å². The van der Waals surface area contributed by atoms with Crippen LogP contribution < -0.4 is 4.90 Å². The number of phenols is 1. The Balaban J connectivity index is 2.19. The molecule has 1 unspecified atom stereocenters. The lowest BCUT2D eigenvalue weighted by molar-refractivity contribution is -0.139. The molecule has 0 radical (unpaired) electrons. The molecule has 2 rings (SSSR count). The molecular formula is C14H17NO5. The second kappa shape index (κ2) is 6.38. The number of carbonyl (C=O) groups excluding carboxylic acids is 1. The lowest BCUT2D eigenvalue weighted by Gasteiger charge is -2.28. The van der Waals surface area contributed by atoms with Crippen molar-refractivity contribution < 1.29 is 24.5 Å². The number of carbonyl (C=O) groups is 2. The number of carboxylic acids is 1. The molecule has 0 spiro atoms. The molecule has 0 bridgehead atoms. The first-order valence-electron chi connectivity index (χ1n) is 6.52. The van der Waals surface area contributed by atoms with Gasteiger partial charge in [0.25, 0.3) is 5.91 Å². The average Bonchev–Trinajstić information content (AvgIpc) is 2.46. The predicted octanol–water partition coefficient (Wildman–Crippen LogP) is 1.38. The first-order chi connectivity index (χ1) is 9.58. The van der Waals surface area contributed by atoms with Crippen molar-refractivity contribution in [2.75, 3.05) is 18.1 Å². The number of carboxylic acid groups (broad SMARTS) is 1. The molecule has 1 aromatic carbocycles. The summed E-state index contributed by atoms with van der Waals surface area (Å²) in [6.45, 7) is 0.0936. The highest BCUT2D eigenvalue weighted by atomic mass is 16.5. The summed E-state index contributed by atoms with van der Waals surface area (Å²) in [4.78, 5) is 24.5. The number of benzene rings is 1. The Hall–Kier alpha value is -2.08. The van der Waals surface area contributed by atoms with Gasteiger partial charge < -0.3 is 14.9 Å². The largest absolute Gasteiger partial charge is 0.508 e. The summed E-state index contributed by atoms with van der Waals surface area (Å²) < 4.78 is 5.41. The first-order valence-corrected chi connectivity index (χ1v) is 6.52. The molecule has 2 N–H and O–H groups in total. The van der Waals surface area contributed by atoms with Crippen LogP contribution in [0.15, 0.2) is 24.3 Å². The van der Waals surface area contributed by atoms with Gasteiger partial charge in [-0.1, -0.05) is 0 Å². The zero-order chi connectivity index (χ0) is 14.5. The van der Waals surface area contributed by atoms with E-state index in [0.717, 1.165) is 12.8 Å². The maximum atomic E-state index is 12.4. The van der Waals surface area contributed by atoms with Gasteiger partial charge in [0.2, 0.25) is 0 Å². The van der Waals surface area contributed by atoms with Crippen LogP contribution >= 0.6 is 0 Å². The molecule has 6 nitrogen and oxygen atoms in total. The van der Waals surface area contributed by atoms with Crippen molar-refractivity contribution in [2.45, 2.75) is 25.4 Å². The van der Waals surface area contributed by atoms with E-state index in [4.69, 9.17) is 9.84 Å². The normalized spacial score (nSPS) is 18.5. The van der Waals surface area contributed by atoms with Gasteiger partial charge in [-0.05, 0) is 43.5 Å². The molecule has 1 fully saturated rings. The van der Waals surface area contributed by atoms with Gasteiger partial charge in [0.15, 0.2) is 0 Å². The van der Waals surface area contributed by atoms with E-state index in [9.17, 15) is 14.7 Å². The minimum atomic E-state index is -1.10. The highest BCUT2D eigenvalue weighted by molar-refractivity contribution is 6.00. The van der Waals surface area contributed by atoms with Crippen LogP contribution in [0.2, 0.25) is 0 Å². The molecule has 6 heteroatoms. The number of aromatic hydroxyl groups is 1. The third kappa shape index (κ3) is 3.48. The van der Waals surface area contributed by atoms with Gasteiger partial charge in [-0.25, -0.2) is 0 Å². The van der Waals surface area contributed by atoms with Crippen molar-refractivity contribution in [3.63, 3.8) is 0 Å². The van der Waals surface area contributed by atoms with E-state index in [1.807, 2.05) is 0 Å². The van der Waals surface area contributed by atoms with E-state index in [-0.39, 0.29) is 11.7 Å². The van der Waals surface area contributed by atoms with Crippen molar-refractivity contribution in [3.05, 3.63) is 24.3 Å². The molecule has 20 heavy (non-hydrogen) atoms. The van der Waals surface area contributed by atoms with Gasteiger partial charge in [-0.15, -0.1) is 0 Å². The van der Waals surface area contributed by atoms with E-state index in [1.165, 1.54) is 29.2 Å². The van der Waals surface area contributed by atoms with Gasteiger partial charge in [0.05, 0.1) is 0 Å². The molecule has 0 aromatic heterocycles. The van der Waals surface area contributed by atoms with Crippen LogP contribution in [-0.4, -0.2) is 41.3 Å². The molecule has 0 aliphatic carbocycles. The van der Waals surface area contributed by atoms with E-state index < -0.39 is 18.6 Å². The van der Waals surface area contributed by atoms with Crippen LogP contribution in [0.3, 0.4) is 0 Å². The minimum Gasteiger partial charge on any atom is -0.508 e. The van der Waals surface area contributed by atoms with Gasteiger partial charge in [-0.2, -0.15) is 0 Å². The van der Waals surface area contributed by atoms with Crippen LogP contribution in [0.4, 0.5) is 5.69 Å². The summed E-state index contributed by atoms with van der Waals surface area (Å²) in [5.74, 6) is -1.38. The highest BCUT2D eigenvalue weighted by Gasteiger charge is 2.29. The summed E-state index contributed by atoms with van der Waals surface area (Å²) in [5, 5.41) is 18.2. The Bertz CT molecular complexity index is 479. The smallest absolute Gasteiger partial charge is 0.323 e. The molecule has 1 heterocycles. The summed E-state index contributed by atoms with van der Waals surface area (Å²) in [5.41, 5.74) is 0.435. The standard InChI is InChI=1S/C14H17NO5/c16-11-6-4-10(5-7-11)15(9-13(17)18)14(19)12-3-1-2-8-20-12/h4-7,12,16H,1-3,8-9H2,(H,17,18). The Morgan fingerprint density at radius 2 is 1.95 bits per heavy atom. The maximum Gasteiger partial charge on any atom is 0.323 e. The number of hydrogen-bond donors (Lipinski definition) is 2. The van der Waals surface area contributed by atoms with Gasteiger partial charge >= 0.3 is 5.97 Å². The van der Waals surface area contributed by atoms with E-state index in [1.54, 1.807) is 0 Å². The monoisotopic (exact) mass is 279 g/mol. The molecule has 1 aliphatic heterocycles. The fraction of sp³-hybridized carbons (Fsp3) is 0.429. The van der Waals surface area contributed by atoms with E-state index in [2.05, 4.69) is 0 Å². The van der Waals surface area contributed by atoms with Crippen LogP contribution in [0, 0.1) is 0 Å². The van der Waals surface area contributed by atoms with Crippen LogP contribution in [0.5, 0.6) is 5.75 Å². The Morgan fingerprint density at radius 1 is 1.25 bits per heavy atom. The van der Waals surface area contributed by atoms with Crippen molar-refractivity contribution in [1.82, 2.24) is 0 Å². The zero-order valence-corrected chi connectivity index (χ0v) is 11.0. The number of hydrogen-bond acceptors (Lipinski definition) is 4. The zero-order valence-electron chi connectivity index (χ0n) is 11.0. The third-order valence-corrected chi connectivity index (χ3v) is 3.18. The second-order valence-electron chi connectivity index (χ2n) is 4.69. The summed E-state index contributed by atoms with van der Waals surface area (Å²) >= 11 is 0. The molecule has 108 valence electrons. The summed E-state index contributed by atoms with van der Waals surface area (Å²) in [6, 6.07) is 5.86. The van der Waals surface area contributed by atoms with E-state index in [0.29, 0.717) is 18.7 Å². The molecular weight excluding hydrogens is 262 g/mol. The third-order valence-electron chi connectivity index (χ3n) is 3.18. The fourth-order valence-electron chi connectivity index (χ4n) is 2.17. The number of ether oxygens (including phenoxy) is 1. The molecule has 1 amide bonds. The van der Waals surface area contributed by atoms with E-state index >= 15 is 0 Å². The number of phenolic OH excluding ortho intramolecular Hbond substituents is 1. The quantitative estimate of drug-likeness (QED) is 0.869. The Kier molecular flexibility index (Phi) is 4.57. The topological polar surface area (TPSA) is 87.1 Å². The molecule has 1 aliphatic rings. The lowest BCUT2D eigenvalue weighted by atomic mass is 10.1. The SMILES string of the molecule is O=C(O)CN(C(=O)C1CCCCO1)c1ccc(O)cc1. The molecule has 1 saturated heterocycles. The molecule has 1 atom stereocenters. The van der Waals surface area contributed by atoms with Crippen LogP contribution in [-0.2, 0) is 14.3 Å². The Morgan fingerprint density at radius 3 is 2.50 bits per heavy atom. The fourth-order valence-corrected chi connectivity index (χ4v) is 2.17. The summed E-state index contributed by atoms with van der Waals surface area (Å²) in [6.07, 6.45) is 1.83.